The molecule has 12 rings (SSSR count). The molecule has 1 aliphatic heterocycles. The predicted molar refractivity (Wildman–Crippen MR) is 313 cm³/mol. The van der Waals surface area contributed by atoms with E-state index in [0.29, 0.717) is 0 Å². The summed E-state index contributed by atoms with van der Waals surface area (Å²) in [6.07, 6.45) is 12.4. The van der Waals surface area contributed by atoms with Crippen LogP contribution in [0.15, 0.2) is 280 Å². The molecule has 0 atom stereocenters. The Morgan fingerprint density at radius 1 is 0.452 bits per heavy atom. The summed E-state index contributed by atoms with van der Waals surface area (Å²) in [5.74, 6) is 0. The van der Waals surface area contributed by atoms with Crippen LogP contribution in [-0.4, -0.2) is 15.8 Å². The van der Waals surface area contributed by atoms with Crippen LogP contribution in [0.25, 0.3) is 94.5 Å². The number of pyridine rings is 1. The van der Waals surface area contributed by atoms with Gasteiger partial charge in [-0.2, -0.15) is 4.58 Å². The Labute approximate surface area is 428 Å². The number of allylic oxidation sites excluding steroid dienone is 7. The van der Waals surface area contributed by atoms with E-state index >= 15 is 0 Å². The molecule has 0 bridgehead atoms. The van der Waals surface area contributed by atoms with E-state index in [-0.39, 0.29) is 0 Å². The second-order valence-electron chi connectivity index (χ2n) is 18.2. The lowest BCUT2D eigenvalue weighted by Crippen LogP contribution is -2.08. The Kier molecular flexibility index (Phi) is 13.1. The summed E-state index contributed by atoms with van der Waals surface area (Å²) in [4.78, 5) is 5.12. The molecule has 0 spiro atoms. The minimum absolute atomic E-state index is 0.957. The molecule has 73 heavy (non-hydrogen) atoms. The van der Waals surface area contributed by atoms with Gasteiger partial charge in [0.1, 0.15) is 0 Å². The van der Waals surface area contributed by atoms with Crippen molar-refractivity contribution >= 4 is 50.5 Å². The van der Waals surface area contributed by atoms with Crippen LogP contribution in [0.5, 0.6) is 0 Å². The highest BCUT2D eigenvalue weighted by Crippen LogP contribution is 2.39. The van der Waals surface area contributed by atoms with E-state index in [1.54, 1.807) is 6.08 Å². The molecule has 0 amide bonds. The van der Waals surface area contributed by atoms with Crippen molar-refractivity contribution in [2.24, 2.45) is 0 Å². The second-order valence-corrected chi connectivity index (χ2v) is 18.2. The van der Waals surface area contributed by atoms with Crippen molar-refractivity contribution in [3.8, 4) is 61.6 Å². The zero-order chi connectivity index (χ0) is 49.5. The van der Waals surface area contributed by atoms with E-state index in [1.807, 2.05) is 31.2 Å². The summed E-state index contributed by atoms with van der Waals surface area (Å²) in [5, 5.41) is 2.45. The number of aromatic nitrogens is 2. The predicted octanol–water partition coefficient (Wildman–Crippen LogP) is 18.7. The molecular formula is C70H54N3+. The van der Waals surface area contributed by atoms with Gasteiger partial charge in [0.05, 0.1) is 22.4 Å². The van der Waals surface area contributed by atoms with E-state index < -0.39 is 0 Å². The zero-order valence-electron chi connectivity index (χ0n) is 41.1. The summed E-state index contributed by atoms with van der Waals surface area (Å²) in [7, 11) is 0. The molecule has 2 aromatic heterocycles. The highest BCUT2D eigenvalue weighted by molar-refractivity contribution is 6.11. The maximum Gasteiger partial charge on any atom is 0.218 e. The lowest BCUT2D eigenvalue weighted by atomic mass is 9.95. The van der Waals surface area contributed by atoms with Gasteiger partial charge < -0.3 is 4.57 Å². The van der Waals surface area contributed by atoms with Gasteiger partial charge >= 0.3 is 0 Å². The van der Waals surface area contributed by atoms with Gasteiger partial charge in [0.15, 0.2) is 6.21 Å². The quantitative estimate of drug-likeness (QED) is 0.104. The van der Waals surface area contributed by atoms with Crippen LogP contribution in [0.1, 0.15) is 25.0 Å². The second kappa shape index (κ2) is 20.9. The fourth-order valence-electron chi connectivity index (χ4n) is 9.96. The maximum atomic E-state index is 5.12. The highest BCUT2D eigenvalue weighted by Gasteiger charge is 2.21. The van der Waals surface area contributed by atoms with Gasteiger partial charge in [-0.25, -0.2) is 4.98 Å². The number of para-hydroxylation sites is 3. The molecule has 3 nitrogen and oxygen atoms in total. The Morgan fingerprint density at radius 2 is 0.986 bits per heavy atom. The number of benzene rings is 9. The smallest absolute Gasteiger partial charge is 0.218 e. The van der Waals surface area contributed by atoms with Gasteiger partial charge in [-0.15, -0.1) is 0 Å². The monoisotopic (exact) mass is 936 g/mol. The summed E-state index contributed by atoms with van der Waals surface area (Å²) in [6, 6.07) is 87.1. The average molecular weight is 937 g/mol. The molecule has 348 valence electrons. The molecule has 0 N–H and O–H groups in total. The van der Waals surface area contributed by atoms with Crippen molar-refractivity contribution in [3.63, 3.8) is 0 Å². The third-order valence-corrected chi connectivity index (χ3v) is 13.5. The van der Waals surface area contributed by atoms with Gasteiger partial charge in [0, 0.05) is 57.4 Å². The molecule has 3 heteroatoms. The third-order valence-electron chi connectivity index (χ3n) is 13.5. The van der Waals surface area contributed by atoms with Gasteiger partial charge in [-0.3, -0.25) is 0 Å². The number of fused-ring (bicyclic) bond motifs is 4. The van der Waals surface area contributed by atoms with Crippen molar-refractivity contribution in [2.75, 3.05) is 0 Å². The average Bonchev–Trinajstić information content (AvgIpc) is 3.79. The number of rotatable bonds is 9. The van der Waals surface area contributed by atoms with Crippen LogP contribution in [0, 0.1) is 0 Å². The summed E-state index contributed by atoms with van der Waals surface area (Å²) in [5.41, 5.74) is 21.6. The van der Waals surface area contributed by atoms with Crippen molar-refractivity contribution in [1.29, 1.82) is 0 Å². The molecule has 0 unspecified atom stereocenters. The maximum absolute atomic E-state index is 5.12. The number of hydrogen-bond donors (Lipinski definition) is 0. The number of hydrogen-bond acceptors (Lipinski definition) is 1. The minimum Gasteiger partial charge on any atom is -0.309 e. The van der Waals surface area contributed by atoms with Gasteiger partial charge in [-0.1, -0.05) is 195 Å². The molecule has 0 fully saturated rings. The standard InChI is InChI=1S/C65H46N3.C5H8/c1-45-38-54(36-37-67(56-27-9-4-10-28-56)63-32-13-11-30-58(45)63)53-34-35-65-60(42-53)59-31-12-14-33-64(59)68(65)57-29-17-26-52(41-57)50-24-15-22-48(39-50)49-23-16-25-51(40-49)55-43-61(46-18-5-2-6-19-46)66-62(44-55)47-20-7-3-8-21-47;1-3-5-4-2/h2-44H,1H3;3-5H,1H2,2H3/q+1;/b37-36?,45-38+,54-36+,54-38?,58-45?;5-4-. The first-order chi connectivity index (χ1) is 36.0. The Morgan fingerprint density at radius 3 is 1.62 bits per heavy atom. The van der Waals surface area contributed by atoms with Crippen LogP contribution in [-0.2, 0) is 0 Å². The van der Waals surface area contributed by atoms with Crippen LogP contribution in [0.4, 0.5) is 11.4 Å². The molecule has 3 heterocycles. The van der Waals surface area contributed by atoms with Crippen LogP contribution in [0.2, 0.25) is 0 Å². The van der Waals surface area contributed by atoms with E-state index in [2.05, 4.69) is 272 Å². The van der Waals surface area contributed by atoms with Crippen molar-refractivity contribution in [1.82, 2.24) is 14.1 Å². The largest absolute Gasteiger partial charge is 0.309 e. The lowest BCUT2D eigenvalue weighted by molar-refractivity contribution is 1.09. The van der Waals surface area contributed by atoms with E-state index in [4.69, 9.17) is 4.98 Å². The molecular weight excluding hydrogens is 883 g/mol. The molecule has 0 saturated heterocycles. The fourth-order valence-corrected chi connectivity index (χ4v) is 9.96. The molecule has 0 aliphatic carbocycles. The van der Waals surface area contributed by atoms with Crippen molar-refractivity contribution in [3.05, 3.63) is 291 Å². The van der Waals surface area contributed by atoms with E-state index in [1.165, 1.54) is 60.9 Å². The van der Waals surface area contributed by atoms with Crippen molar-refractivity contribution < 1.29 is 0 Å². The Hall–Kier alpha value is -9.44. The fraction of sp³-hybridized carbons (Fsp3) is 0.0286. The highest BCUT2D eigenvalue weighted by atomic mass is 15.0. The van der Waals surface area contributed by atoms with Crippen LogP contribution >= 0.6 is 0 Å². The first kappa shape index (κ1) is 46.0. The first-order valence-corrected chi connectivity index (χ1v) is 24.9. The normalized spacial score (nSPS) is 13.6. The topological polar surface area (TPSA) is 20.8 Å². The zero-order valence-corrected chi connectivity index (χ0v) is 41.1. The Balaban J connectivity index is 0.00000110. The van der Waals surface area contributed by atoms with Gasteiger partial charge in [0.2, 0.25) is 11.4 Å². The minimum atomic E-state index is 0.957. The summed E-state index contributed by atoms with van der Waals surface area (Å²) >= 11 is 0. The Bertz CT molecular complexity index is 3870. The third kappa shape index (κ3) is 9.60. The van der Waals surface area contributed by atoms with Gasteiger partial charge in [0.25, 0.3) is 0 Å². The SMILES string of the molecule is C/C1=C\C(c2ccc3c(c2)c2ccccc2n3-c2cccc(-c3cccc(-c4cccc(-c5cc(-c6ccccc6)nc(-c6ccccc6)c5)c4)c3)c2)=C/C=[N+](c2ccccc2)c2ccccc21.C=C/C=C\C. The molecule has 9 aromatic carbocycles. The van der Waals surface area contributed by atoms with Crippen LogP contribution < -0.4 is 4.58 Å². The lowest BCUT2D eigenvalue weighted by Gasteiger charge is -2.13. The molecule has 0 saturated carbocycles. The first-order valence-electron chi connectivity index (χ1n) is 24.9. The summed E-state index contributed by atoms with van der Waals surface area (Å²) in [6.45, 7) is 7.64. The number of nitrogens with zero attached hydrogens (tertiary/aromatic N) is 3. The van der Waals surface area contributed by atoms with Crippen LogP contribution in [0.3, 0.4) is 0 Å². The molecule has 0 radical (unpaired) electrons. The van der Waals surface area contributed by atoms with E-state index in [0.717, 1.165) is 56.1 Å². The van der Waals surface area contributed by atoms with Crippen molar-refractivity contribution in [2.45, 2.75) is 13.8 Å². The summed E-state index contributed by atoms with van der Waals surface area (Å²) < 4.78 is 4.71. The van der Waals surface area contributed by atoms with E-state index in [9.17, 15) is 0 Å². The molecule has 1 aliphatic rings. The molecule has 11 aromatic rings. The van der Waals surface area contributed by atoms with Gasteiger partial charge in [-0.05, 0) is 125 Å².